The number of piperidine rings is 1. The van der Waals surface area contributed by atoms with E-state index in [0.29, 0.717) is 12.0 Å². The Hall–Kier alpha value is -0.770. The van der Waals surface area contributed by atoms with Gasteiger partial charge >= 0.3 is 6.03 Å². The van der Waals surface area contributed by atoms with Gasteiger partial charge in [-0.2, -0.15) is 0 Å². The number of likely N-dealkylation sites (tertiary alicyclic amines) is 1. The summed E-state index contributed by atoms with van der Waals surface area (Å²) in [6, 6.07) is 0.641. The van der Waals surface area contributed by atoms with E-state index in [1.165, 1.54) is 25.7 Å². The van der Waals surface area contributed by atoms with Crippen molar-refractivity contribution in [3.8, 4) is 0 Å². The molecule has 1 saturated carbocycles. The van der Waals surface area contributed by atoms with E-state index in [2.05, 4.69) is 10.6 Å². The molecule has 0 spiro atoms. The highest BCUT2D eigenvalue weighted by Crippen LogP contribution is 2.22. The standard InChI is InChI=1S/C12H23N3O/c1-13-7-6-10-3-2-8-15(9-10)12(16)14-11-4-5-11/h10-11,13H,2-9H2,1H3,(H,14,16). The number of hydrogen-bond acceptors (Lipinski definition) is 2. The van der Waals surface area contributed by atoms with Gasteiger partial charge in [0, 0.05) is 19.1 Å². The second kappa shape index (κ2) is 5.53. The zero-order valence-electron chi connectivity index (χ0n) is 10.2. The van der Waals surface area contributed by atoms with Crippen molar-refractivity contribution in [1.29, 1.82) is 0 Å². The summed E-state index contributed by atoms with van der Waals surface area (Å²) in [5.74, 6) is 0.686. The minimum absolute atomic E-state index is 0.164. The van der Waals surface area contributed by atoms with Crippen LogP contribution in [0.3, 0.4) is 0 Å². The van der Waals surface area contributed by atoms with Crippen LogP contribution in [0, 0.1) is 5.92 Å². The third-order valence-corrected chi connectivity index (χ3v) is 3.51. The molecular weight excluding hydrogens is 202 g/mol. The third-order valence-electron chi connectivity index (χ3n) is 3.51. The lowest BCUT2D eigenvalue weighted by atomic mass is 9.95. The number of carbonyl (C=O) groups excluding carboxylic acids is 1. The first kappa shape index (κ1) is 11.7. The quantitative estimate of drug-likeness (QED) is 0.754. The minimum Gasteiger partial charge on any atom is -0.335 e. The Morgan fingerprint density at radius 2 is 2.19 bits per heavy atom. The van der Waals surface area contributed by atoms with E-state index in [4.69, 9.17) is 0 Å². The Bertz CT molecular complexity index is 240. The highest BCUT2D eigenvalue weighted by atomic mass is 16.2. The summed E-state index contributed by atoms with van der Waals surface area (Å²) in [6.07, 6.45) is 5.95. The van der Waals surface area contributed by atoms with Gasteiger partial charge in [0.25, 0.3) is 0 Å². The number of rotatable bonds is 4. The number of nitrogens with zero attached hydrogens (tertiary/aromatic N) is 1. The van der Waals surface area contributed by atoms with Crippen LogP contribution in [0.4, 0.5) is 4.79 Å². The van der Waals surface area contributed by atoms with Crippen molar-refractivity contribution in [3.05, 3.63) is 0 Å². The SMILES string of the molecule is CNCCC1CCCN(C(=O)NC2CC2)C1. The Kier molecular flexibility index (Phi) is 4.04. The lowest BCUT2D eigenvalue weighted by Gasteiger charge is -2.32. The first-order valence-corrected chi connectivity index (χ1v) is 6.49. The van der Waals surface area contributed by atoms with Crippen LogP contribution in [-0.2, 0) is 0 Å². The molecule has 0 aromatic carbocycles. The summed E-state index contributed by atoms with van der Waals surface area (Å²) in [7, 11) is 1.99. The Morgan fingerprint density at radius 3 is 2.88 bits per heavy atom. The monoisotopic (exact) mass is 225 g/mol. The van der Waals surface area contributed by atoms with E-state index in [1.54, 1.807) is 0 Å². The van der Waals surface area contributed by atoms with Crippen LogP contribution in [0.2, 0.25) is 0 Å². The summed E-state index contributed by atoms with van der Waals surface area (Å²) < 4.78 is 0. The molecule has 2 rings (SSSR count). The van der Waals surface area contributed by atoms with Gasteiger partial charge in [-0.1, -0.05) is 0 Å². The van der Waals surface area contributed by atoms with Crippen LogP contribution in [0.15, 0.2) is 0 Å². The zero-order valence-corrected chi connectivity index (χ0v) is 10.2. The highest BCUT2D eigenvalue weighted by molar-refractivity contribution is 5.74. The van der Waals surface area contributed by atoms with Gasteiger partial charge in [-0.05, 0) is 51.6 Å². The average molecular weight is 225 g/mol. The molecule has 92 valence electrons. The van der Waals surface area contributed by atoms with Gasteiger partial charge in [0.1, 0.15) is 0 Å². The summed E-state index contributed by atoms with van der Waals surface area (Å²) in [6.45, 7) is 2.94. The van der Waals surface area contributed by atoms with Gasteiger partial charge in [0.15, 0.2) is 0 Å². The normalized spacial score (nSPS) is 25.6. The molecule has 2 amide bonds. The molecule has 1 aliphatic heterocycles. The summed E-state index contributed by atoms with van der Waals surface area (Å²) in [4.78, 5) is 13.9. The van der Waals surface area contributed by atoms with Gasteiger partial charge in [-0.3, -0.25) is 0 Å². The molecule has 1 heterocycles. The lowest BCUT2D eigenvalue weighted by molar-refractivity contribution is 0.162. The van der Waals surface area contributed by atoms with Crippen molar-refractivity contribution in [3.63, 3.8) is 0 Å². The molecule has 1 aliphatic carbocycles. The van der Waals surface area contributed by atoms with E-state index < -0.39 is 0 Å². The fourth-order valence-corrected chi connectivity index (χ4v) is 2.33. The maximum Gasteiger partial charge on any atom is 0.317 e. The number of nitrogens with one attached hydrogen (secondary N) is 2. The van der Waals surface area contributed by atoms with Gasteiger partial charge in [-0.15, -0.1) is 0 Å². The topological polar surface area (TPSA) is 44.4 Å². The largest absolute Gasteiger partial charge is 0.335 e. The first-order chi connectivity index (χ1) is 7.79. The fraction of sp³-hybridized carbons (Fsp3) is 0.917. The Morgan fingerprint density at radius 1 is 1.38 bits per heavy atom. The van der Waals surface area contributed by atoms with Crippen LogP contribution in [0.25, 0.3) is 0 Å². The molecule has 1 atom stereocenters. The molecule has 1 unspecified atom stereocenters. The number of hydrogen-bond donors (Lipinski definition) is 2. The van der Waals surface area contributed by atoms with E-state index in [9.17, 15) is 4.79 Å². The second-order valence-corrected chi connectivity index (χ2v) is 5.07. The second-order valence-electron chi connectivity index (χ2n) is 5.07. The smallest absolute Gasteiger partial charge is 0.317 e. The predicted molar refractivity (Wildman–Crippen MR) is 64.4 cm³/mol. The van der Waals surface area contributed by atoms with Crippen molar-refractivity contribution in [2.75, 3.05) is 26.7 Å². The number of urea groups is 1. The van der Waals surface area contributed by atoms with Crippen LogP contribution in [-0.4, -0.2) is 43.7 Å². The van der Waals surface area contributed by atoms with Gasteiger partial charge in [0.05, 0.1) is 0 Å². The molecule has 2 N–H and O–H groups in total. The van der Waals surface area contributed by atoms with E-state index >= 15 is 0 Å². The number of carbonyl (C=O) groups is 1. The molecule has 2 aliphatic rings. The Balaban J connectivity index is 1.73. The summed E-state index contributed by atoms with van der Waals surface area (Å²) in [5, 5.41) is 6.25. The third kappa shape index (κ3) is 3.37. The summed E-state index contributed by atoms with van der Waals surface area (Å²) in [5.41, 5.74) is 0. The fourth-order valence-electron chi connectivity index (χ4n) is 2.33. The minimum atomic E-state index is 0.164. The summed E-state index contributed by atoms with van der Waals surface area (Å²) >= 11 is 0. The van der Waals surface area contributed by atoms with Gasteiger partial charge < -0.3 is 15.5 Å². The molecule has 0 aromatic heterocycles. The highest BCUT2D eigenvalue weighted by Gasteiger charge is 2.28. The van der Waals surface area contributed by atoms with Crippen molar-refractivity contribution >= 4 is 6.03 Å². The van der Waals surface area contributed by atoms with E-state index in [1.807, 2.05) is 11.9 Å². The molecule has 0 bridgehead atoms. The van der Waals surface area contributed by atoms with E-state index in [0.717, 1.165) is 26.1 Å². The van der Waals surface area contributed by atoms with Crippen LogP contribution in [0.5, 0.6) is 0 Å². The molecule has 1 saturated heterocycles. The van der Waals surface area contributed by atoms with Crippen molar-refractivity contribution in [2.45, 2.75) is 38.1 Å². The lowest BCUT2D eigenvalue weighted by Crippen LogP contribution is -2.46. The first-order valence-electron chi connectivity index (χ1n) is 6.49. The molecule has 4 heteroatoms. The molecular formula is C12H23N3O. The zero-order chi connectivity index (χ0) is 11.4. The predicted octanol–water partition coefficient (Wildman–Crippen LogP) is 1.18. The number of amides is 2. The molecule has 4 nitrogen and oxygen atoms in total. The average Bonchev–Trinajstić information content (AvgIpc) is 3.10. The Labute approximate surface area is 97.8 Å². The molecule has 0 aromatic rings. The molecule has 2 fully saturated rings. The van der Waals surface area contributed by atoms with Crippen LogP contribution in [0.1, 0.15) is 32.1 Å². The molecule has 16 heavy (non-hydrogen) atoms. The maximum atomic E-state index is 11.9. The van der Waals surface area contributed by atoms with Crippen LogP contribution < -0.4 is 10.6 Å². The van der Waals surface area contributed by atoms with Gasteiger partial charge in [-0.25, -0.2) is 4.79 Å². The van der Waals surface area contributed by atoms with Gasteiger partial charge in [0.2, 0.25) is 0 Å². The van der Waals surface area contributed by atoms with Crippen LogP contribution >= 0.6 is 0 Å². The maximum absolute atomic E-state index is 11.9. The van der Waals surface area contributed by atoms with Crippen molar-refractivity contribution in [2.24, 2.45) is 5.92 Å². The molecule has 0 radical (unpaired) electrons. The van der Waals surface area contributed by atoms with Crippen molar-refractivity contribution < 1.29 is 4.79 Å². The van der Waals surface area contributed by atoms with Crippen molar-refractivity contribution in [1.82, 2.24) is 15.5 Å². The van der Waals surface area contributed by atoms with E-state index in [-0.39, 0.29) is 6.03 Å².